The molecule has 0 aromatic carbocycles. The molecule has 0 unspecified atom stereocenters. The zero-order valence-corrected chi connectivity index (χ0v) is 15.4. The third kappa shape index (κ3) is 4.60. The highest BCUT2D eigenvalue weighted by molar-refractivity contribution is 7.90. The molecule has 11 nitrogen and oxygen atoms in total. The van der Waals surface area contributed by atoms with E-state index in [2.05, 4.69) is 25.4 Å². The molecule has 2 amide bonds. The van der Waals surface area contributed by atoms with E-state index in [1.54, 1.807) is 6.92 Å². The average molecular weight is 413 g/mol. The molecule has 0 aliphatic carbocycles. The van der Waals surface area contributed by atoms with E-state index in [1.165, 1.54) is 24.4 Å². The van der Waals surface area contributed by atoms with Gasteiger partial charge in [-0.3, -0.25) is 5.32 Å². The summed E-state index contributed by atoms with van der Waals surface area (Å²) < 4.78 is 32.3. The number of ether oxygens (including phenoxy) is 1. The highest BCUT2D eigenvalue weighted by atomic mass is 35.5. The lowest BCUT2D eigenvalue weighted by atomic mass is 10.3. The summed E-state index contributed by atoms with van der Waals surface area (Å²) in [5.41, 5.74) is 0.542. The lowest BCUT2D eigenvalue weighted by Crippen LogP contribution is -2.36. The molecule has 0 bridgehead atoms. The number of hydrogen-bond donors (Lipinski definition) is 2. The molecular formula is C14H13ClN6O5S. The van der Waals surface area contributed by atoms with Crippen molar-refractivity contribution < 1.29 is 22.8 Å². The van der Waals surface area contributed by atoms with E-state index in [1.807, 2.05) is 4.72 Å². The fourth-order valence-corrected chi connectivity index (χ4v) is 3.36. The van der Waals surface area contributed by atoms with E-state index < -0.39 is 21.1 Å². The molecule has 3 heterocycles. The number of pyridine rings is 1. The van der Waals surface area contributed by atoms with Crippen LogP contribution in [0.4, 0.5) is 10.7 Å². The zero-order valence-electron chi connectivity index (χ0n) is 13.8. The van der Waals surface area contributed by atoms with Crippen LogP contribution in [0.2, 0.25) is 5.15 Å². The van der Waals surface area contributed by atoms with Crippen LogP contribution in [0.25, 0.3) is 0 Å². The predicted molar refractivity (Wildman–Crippen MR) is 93.8 cm³/mol. The molecule has 0 spiro atoms. The van der Waals surface area contributed by atoms with Gasteiger partial charge in [0.2, 0.25) is 5.95 Å². The maximum Gasteiger partial charge on any atom is 0.335 e. The summed E-state index contributed by atoms with van der Waals surface area (Å²) in [5.74, 6) is -0.203. The number of hydrogen-bond acceptors (Lipinski definition) is 9. The Morgan fingerprint density at radius 3 is 2.81 bits per heavy atom. The standard InChI is InChI=1S/C14H13ClN6O5S/c1-8-7-10(15)18-13(17-8)19-14(22)21-27(23,24)12-9(3-2-4-16-12)11-20-26-6-5-25-11/h2-4,7H,5-6H2,1H3,(H2,17,18,19,21,22). The second kappa shape index (κ2) is 7.72. The molecule has 0 saturated heterocycles. The largest absolute Gasteiger partial charge is 0.471 e. The van der Waals surface area contributed by atoms with Crippen LogP contribution in [0.3, 0.4) is 0 Å². The van der Waals surface area contributed by atoms with Crippen LogP contribution in [0.5, 0.6) is 0 Å². The van der Waals surface area contributed by atoms with Gasteiger partial charge in [0.05, 0.1) is 5.56 Å². The second-order valence-corrected chi connectivity index (χ2v) is 7.13. The van der Waals surface area contributed by atoms with Crippen LogP contribution >= 0.6 is 11.6 Å². The molecular weight excluding hydrogens is 400 g/mol. The Kier molecular flexibility index (Phi) is 5.37. The molecule has 0 saturated carbocycles. The lowest BCUT2D eigenvalue weighted by molar-refractivity contribution is 0.0653. The molecule has 0 radical (unpaired) electrons. The minimum atomic E-state index is -4.36. The molecule has 0 atom stereocenters. The Hall–Kier alpha value is -2.99. The number of nitrogens with zero attached hydrogens (tertiary/aromatic N) is 4. The van der Waals surface area contributed by atoms with Gasteiger partial charge < -0.3 is 9.57 Å². The van der Waals surface area contributed by atoms with E-state index in [9.17, 15) is 13.2 Å². The van der Waals surface area contributed by atoms with Crippen LogP contribution in [-0.2, 0) is 19.6 Å². The van der Waals surface area contributed by atoms with Gasteiger partial charge in [-0.15, -0.1) is 0 Å². The summed E-state index contributed by atoms with van der Waals surface area (Å²) in [5, 5.41) is 5.51. The summed E-state index contributed by atoms with van der Waals surface area (Å²) in [6.45, 7) is 2.08. The molecule has 1 aliphatic heterocycles. The topological polar surface area (TPSA) is 145 Å². The van der Waals surface area contributed by atoms with Crippen LogP contribution < -0.4 is 10.0 Å². The summed E-state index contributed by atoms with van der Waals surface area (Å²) in [4.78, 5) is 28.5. The normalized spacial score (nSPS) is 13.8. The average Bonchev–Trinajstić information content (AvgIpc) is 2.61. The quantitative estimate of drug-likeness (QED) is 0.709. The second-order valence-electron chi connectivity index (χ2n) is 5.15. The monoisotopic (exact) mass is 412 g/mol. The number of aromatic nitrogens is 3. The number of amides is 2. The van der Waals surface area contributed by atoms with Gasteiger partial charge in [-0.1, -0.05) is 11.6 Å². The van der Waals surface area contributed by atoms with Gasteiger partial charge in [-0.25, -0.2) is 24.5 Å². The van der Waals surface area contributed by atoms with Crippen molar-refractivity contribution in [2.45, 2.75) is 11.9 Å². The molecule has 3 rings (SSSR count). The van der Waals surface area contributed by atoms with Gasteiger partial charge in [0.15, 0.2) is 11.6 Å². The van der Waals surface area contributed by atoms with Crippen LogP contribution in [0, 0.1) is 6.92 Å². The number of nitrogens with one attached hydrogen (secondary N) is 2. The minimum Gasteiger partial charge on any atom is -0.471 e. The number of halogens is 1. The van der Waals surface area contributed by atoms with Crippen LogP contribution in [-0.4, -0.2) is 48.5 Å². The molecule has 1 aliphatic rings. The van der Waals surface area contributed by atoms with Gasteiger partial charge in [0.25, 0.3) is 15.9 Å². The third-order valence-corrected chi connectivity index (χ3v) is 4.57. The Labute approximate surface area is 158 Å². The van der Waals surface area contributed by atoms with Crippen molar-refractivity contribution in [3.05, 3.63) is 40.8 Å². The van der Waals surface area contributed by atoms with Gasteiger partial charge >= 0.3 is 6.03 Å². The van der Waals surface area contributed by atoms with Gasteiger partial charge in [-0.05, 0) is 30.3 Å². The number of rotatable bonds is 4. The Balaban J connectivity index is 1.82. The molecule has 2 aromatic heterocycles. The van der Waals surface area contributed by atoms with E-state index >= 15 is 0 Å². The molecule has 0 fully saturated rings. The number of anilines is 1. The zero-order chi connectivity index (χ0) is 19.4. The SMILES string of the molecule is Cc1cc(Cl)nc(NC(=O)NS(=O)(=O)c2ncccc2C2=NOCCO2)n1. The van der Waals surface area contributed by atoms with E-state index in [4.69, 9.17) is 21.2 Å². The fraction of sp³-hybridized carbons (Fsp3) is 0.214. The first kappa shape index (κ1) is 18.8. The van der Waals surface area contributed by atoms with Crippen molar-refractivity contribution in [1.29, 1.82) is 0 Å². The number of oxime groups is 1. The number of sulfonamides is 1. The van der Waals surface area contributed by atoms with E-state index in [0.717, 1.165) is 0 Å². The number of carbonyl (C=O) groups excluding carboxylic acids is 1. The van der Waals surface area contributed by atoms with Crippen LogP contribution in [0.15, 0.2) is 34.6 Å². The van der Waals surface area contributed by atoms with Gasteiger partial charge in [0.1, 0.15) is 11.8 Å². The Bertz CT molecular complexity index is 993. The summed E-state index contributed by atoms with van der Waals surface area (Å²) in [7, 11) is -4.36. The molecule has 13 heteroatoms. The van der Waals surface area contributed by atoms with Crippen molar-refractivity contribution in [2.24, 2.45) is 5.16 Å². The third-order valence-electron chi connectivity index (χ3n) is 3.09. The summed E-state index contributed by atoms with van der Waals surface area (Å²) >= 11 is 5.78. The summed E-state index contributed by atoms with van der Waals surface area (Å²) in [6.07, 6.45) is 1.25. The molecule has 142 valence electrons. The first-order valence-electron chi connectivity index (χ1n) is 7.48. The number of aryl methyl sites for hydroxylation is 1. The van der Waals surface area contributed by atoms with Gasteiger partial charge in [-0.2, -0.15) is 8.42 Å². The molecule has 27 heavy (non-hydrogen) atoms. The van der Waals surface area contributed by atoms with Crippen molar-refractivity contribution >= 4 is 39.5 Å². The van der Waals surface area contributed by atoms with E-state index in [-0.39, 0.29) is 35.8 Å². The van der Waals surface area contributed by atoms with Crippen molar-refractivity contribution in [3.8, 4) is 0 Å². The molecule has 2 N–H and O–H groups in total. The maximum absolute atomic E-state index is 12.6. The van der Waals surface area contributed by atoms with E-state index in [0.29, 0.717) is 5.69 Å². The first-order valence-corrected chi connectivity index (χ1v) is 9.34. The van der Waals surface area contributed by atoms with Crippen molar-refractivity contribution in [2.75, 3.05) is 18.5 Å². The highest BCUT2D eigenvalue weighted by Crippen LogP contribution is 2.16. The van der Waals surface area contributed by atoms with Crippen molar-refractivity contribution in [3.63, 3.8) is 0 Å². The molecule has 2 aromatic rings. The minimum absolute atomic E-state index is 0.0485. The number of urea groups is 1. The predicted octanol–water partition coefficient (Wildman–Crippen LogP) is 1.05. The van der Waals surface area contributed by atoms with Crippen LogP contribution in [0.1, 0.15) is 11.3 Å². The smallest absolute Gasteiger partial charge is 0.335 e. The van der Waals surface area contributed by atoms with Gasteiger partial charge in [0, 0.05) is 11.9 Å². The lowest BCUT2D eigenvalue weighted by Gasteiger charge is -2.15. The Morgan fingerprint density at radius 2 is 2.11 bits per heavy atom. The highest BCUT2D eigenvalue weighted by Gasteiger charge is 2.27. The summed E-state index contributed by atoms with van der Waals surface area (Å²) in [6, 6.07) is 3.32. The fourth-order valence-electron chi connectivity index (χ4n) is 2.08. The first-order chi connectivity index (χ1) is 12.8. The van der Waals surface area contributed by atoms with Crippen molar-refractivity contribution in [1.82, 2.24) is 19.7 Å². The Morgan fingerprint density at radius 1 is 1.30 bits per heavy atom. The maximum atomic E-state index is 12.6. The number of carbonyl (C=O) groups is 1.